The van der Waals surface area contributed by atoms with Crippen LogP contribution in [0.15, 0.2) is 35.0 Å². The predicted molar refractivity (Wildman–Crippen MR) is 76.2 cm³/mol. The third kappa shape index (κ3) is 2.25. The largest absolute Gasteiger partial charge is 0.497 e. The van der Waals surface area contributed by atoms with E-state index >= 15 is 0 Å². The van der Waals surface area contributed by atoms with E-state index in [4.69, 9.17) is 20.9 Å². The minimum atomic E-state index is -0.198. The second-order valence-corrected chi connectivity index (χ2v) is 5.16. The average molecular weight is 292 g/mol. The van der Waals surface area contributed by atoms with Crippen LogP contribution in [0.2, 0.25) is 0 Å². The molecule has 3 aromatic rings. The number of benzene rings is 1. The molecule has 2 heterocycles. The maximum atomic E-state index is 6.23. The minimum Gasteiger partial charge on any atom is -0.497 e. The normalized spacial score (nSPS) is 12.8. The molecule has 0 bridgehead atoms. The first kappa shape index (κ1) is 13.0. The van der Waals surface area contributed by atoms with Crippen LogP contribution in [0, 0.1) is 0 Å². The Balaban J connectivity index is 2.14. The molecule has 0 radical (unpaired) electrons. The number of aromatic nitrogens is 3. The van der Waals surface area contributed by atoms with Gasteiger partial charge in [-0.15, -0.1) is 11.6 Å². The Kier molecular flexibility index (Phi) is 3.36. The fraction of sp³-hybridized carbons (Fsp3) is 0.286. The quantitative estimate of drug-likeness (QED) is 0.692. The van der Waals surface area contributed by atoms with Gasteiger partial charge in [-0.2, -0.15) is 0 Å². The van der Waals surface area contributed by atoms with Crippen LogP contribution in [-0.4, -0.2) is 21.8 Å². The lowest BCUT2D eigenvalue weighted by Crippen LogP contribution is -2.05. The molecular weight excluding hydrogens is 278 g/mol. The highest BCUT2D eigenvalue weighted by atomic mass is 35.5. The molecule has 0 aliphatic carbocycles. The van der Waals surface area contributed by atoms with Gasteiger partial charge in [0.1, 0.15) is 11.6 Å². The Bertz CT molecular complexity index is 719. The summed E-state index contributed by atoms with van der Waals surface area (Å²) in [7, 11) is 1.64. The first-order valence-electron chi connectivity index (χ1n) is 6.27. The summed E-state index contributed by atoms with van der Waals surface area (Å²) in [6, 6.07) is 7.61. The van der Waals surface area contributed by atoms with Crippen molar-refractivity contribution < 1.29 is 9.26 Å². The number of hydrogen-bond donors (Lipinski definition) is 0. The standard InChI is InChI=1S/C14H14ClN3O2/c1-9(15)14-17-12-7-10(19-2)3-4-13(12)18(14)8-11-5-6-16-20-11/h3-7,9H,8H2,1-2H3. The Morgan fingerprint density at radius 1 is 1.40 bits per heavy atom. The molecule has 0 aliphatic rings. The number of rotatable bonds is 4. The minimum absolute atomic E-state index is 0.198. The van der Waals surface area contributed by atoms with Gasteiger partial charge in [0.05, 0.1) is 36.3 Å². The molecule has 0 amide bonds. The molecule has 0 N–H and O–H groups in total. The lowest BCUT2D eigenvalue weighted by atomic mass is 10.3. The first-order valence-corrected chi connectivity index (χ1v) is 6.70. The number of methoxy groups -OCH3 is 1. The lowest BCUT2D eigenvalue weighted by molar-refractivity contribution is 0.376. The summed E-state index contributed by atoms with van der Waals surface area (Å²) in [4.78, 5) is 4.59. The molecule has 3 rings (SSSR count). The Hall–Kier alpha value is -2.01. The van der Waals surface area contributed by atoms with Gasteiger partial charge in [-0.1, -0.05) is 5.16 Å². The van der Waals surface area contributed by atoms with E-state index in [1.54, 1.807) is 13.3 Å². The second kappa shape index (κ2) is 5.17. The van der Waals surface area contributed by atoms with Gasteiger partial charge in [0.15, 0.2) is 5.76 Å². The molecular formula is C14H14ClN3O2. The number of hydrogen-bond acceptors (Lipinski definition) is 4. The van der Waals surface area contributed by atoms with Gasteiger partial charge < -0.3 is 13.8 Å². The molecule has 6 heteroatoms. The molecule has 1 atom stereocenters. The van der Waals surface area contributed by atoms with Crippen molar-refractivity contribution in [3.05, 3.63) is 42.0 Å². The fourth-order valence-electron chi connectivity index (χ4n) is 2.20. The number of halogens is 1. The molecule has 0 fully saturated rings. The van der Waals surface area contributed by atoms with Crippen molar-refractivity contribution in [2.45, 2.75) is 18.8 Å². The van der Waals surface area contributed by atoms with Crippen LogP contribution in [0.25, 0.3) is 11.0 Å². The predicted octanol–water partition coefficient (Wildman–Crippen LogP) is 3.38. The summed E-state index contributed by atoms with van der Waals surface area (Å²) < 4.78 is 12.4. The van der Waals surface area contributed by atoms with Crippen LogP contribution >= 0.6 is 11.6 Å². The van der Waals surface area contributed by atoms with E-state index in [0.717, 1.165) is 28.4 Å². The monoisotopic (exact) mass is 291 g/mol. The summed E-state index contributed by atoms with van der Waals surface area (Å²) in [5.74, 6) is 2.33. The van der Waals surface area contributed by atoms with Crippen molar-refractivity contribution in [1.82, 2.24) is 14.7 Å². The number of alkyl halides is 1. The summed E-state index contributed by atoms with van der Waals surface area (Å²) >= 11 is 6.23. The van der Waals surface area contributed by atoms with Crippen molar-refractivity contribution in [1.29, 1.82) is 0 Å². The summed E-state index contributed by atoms with van der Waals surface area (Å²) in [5, 5.41) is 3.53. The highest BCUT2D eigenvalue weighted by molar-refractivity contribution is 6.20. The maximum Gasteiger partial charge on any atom is 0.156 e. The van der Waals surface area contributed by atoms with E-state index in [-0.39, 0.29) is 5.38 Å². The molecule has 20 heavy (non-hydrogen) atoms. The molecule has 1 aromatic carbocycles. The summed E-state index contributed by atoms with van der Waals surface area (Å²) in [5.41, 5.74) is 1.84. The van der Waals surface area contributed by atoms with Gasteiger partial charge in [0.25, 0.3) is 0 Å². The molecule has 2 aromatic heterocycles. The van der Waals surface area contributed by atoms with E-state index in [9.17, 15) is 0 Å². The van der Waals surface area contributed by atoms with Crippen LogP contribution in [0.4, 0.5) is 0 Å². The van der Waals surface area contributed by atoms with Crippen LogP contribution < -0.4 is 4.74 Å². The van der Waals surface area contributed by atoms with Gasteiger partial charge in [-0.05, 0) is 19.1 Å². The molecule has 0 saturated heterocycles. The Labute approximate surface area is 121 Å². The van der Waals surface area contributed by atoms with Gasteiger partial charge in [0, 0.05) is 12.1 Å². The van der Waals surface area contributed by atoms with Crippen LogP contribution in [-0.2, 0) is 6.54 Å². The number of fused-ring (bicyclic) bond motifs is 1. The molecule has 0 spiro atoms. The van der Waals surface area contributed by atoms with E-state index in [2.05, 4.69) is 10.1 Å². The third-order valence-electron chi connectivity index (χ3n) is 3.15. The van der Waals surface area contributed by atoms with Gasteiger partial charge >= 0.3 is 0 Å². The zero-order chi connectivity index (χ0) is 14.1. The van der Waals surface area contributed by atoms with Crippen molar-refractivity contribution in [2.75, 3.05) is 7.11 Å². The van der Waals surface area contributed by atoms with Crippen LogP contribution in [0.3, 0.4) is 0 Å². The van der Waals surface area contributed by atoms with E-state index in [1.165, 1.54) is 0 Å². The topological polar surface area (TPSA) is 53.1 Å². The Morgan fingerprint density at radius 3 is 2.90 bits per heavy atom. The van der Waals surface area contributed by atoms with Crippen LogP contribution in [0.5, 0.6) is 5.75 Å². The molecule has 0 saturated carbocycles. The molecule has 0 aliphatic heterocycles. The zero-order valence-corrected chi connectivity index (χ0v) is 12.0. The number of imidazole rings is 1. The zero-order valence-electron chi connectivity index (χ0n) is 11.2. The smallest absolute Gasteiger partial charge is 0.156 e. The summed E-state index contributed by atoms with van der Waals surface area (Å²) in [6.45, 7) is 2.45. The average Bonchev–Trinajstić information content (AvgIpc) is 3.06. The van der Waals surface area contributed by atoms with Gasteiger partial charge in [-0.3, -0.25) is 0 Å². The van der Waals surface area contributed by atoms with E-state index in [0.29, 0.717) is 6.54 Å². The molecule has 1 unspecified atom stereocenters. The highest BCUT2D eigenvalue weighted by Crippen LogP contribution is 2.27. The molecule has 5 nitrogen and oxygen atoms in total. The van der Waals surface area contributed by atoms with Crippen molar-refractivity contribution >= 4 is 22.6 Å². The fourth-order valence-corrected chi connectivity index (χ4v) is 2.37. The van der Waals surface area contributed by atoms with E-state index in [1.807, 2.05) is 35.8 Å². The van der Waals surface area contributed by atoms with Crippen molar-refractivity contribution in [2.24, 2.45) is 0 Å². The number of ether oxygens (including phenoxy) is 1. The molecule has 104 valence electrons. The van der Waals surface area contributed by atoms with Gasteiger partial charge in [-0.25, -0.2) is 4.98 Å². The third-order valence-corrected chi connectivity index (χ3v) is 3.34. The van der Waals surface area contributed by atoms with Gasteiger partial charge in [0.2, 0.25) is 0 Å². The van der Waals surface area contributed by atoms with Crippen LogP contribution in [0.1, 0.15) is 23.9 Å². The van der Waals surface area contributed by atoms with Crippen molar-refractivity contribution in [3.63, 3.8) is 0 Å². The Morgan fingerprint density at radius 2 is 2.25 bits per heavy atom. The maximum absolute atomic E-state index is 6.23. The number of nitrogens with zero attached hydrogens (tertiary/aromatic N) is 3. The first-order chi connectivity index (χ1) is 9.69. The lowest BCUT2D eigenvalue weighted by Gasteiger charge is -2.08. The second-order valence-electron chi connectivity index (χ2n) is 4.51. The SMILES string of the molecule is COc1ccc2c(c1)nc(C(C)Cl)n2Cc1ccno1. The summed E-state index contributed by atoms with van der Waals surface area (Å²) in [6.07, 6.45) is 1.63. The van der Waals surface area contributed by atoms with E-state index < -0.39 is 0 Å². The highest BCUT2D eigenvalue weighted by Gasteiger charge is 2.16. The van der Waals surface area contributed by atoms with Crippen molar-refractivity contribution in [3.8, 4) is 5.75 Å².